The molecule has 0 radical (unpaired) electrons. The minimum absolute atomic E-state index is 0.206. The second kappa shape index (κ2) is 8.83. The molecule has 2 N–H and O–H groups in total. The molecule has 150 valence electrons. The van der Waals surface area contributed by atoms with Gasteiger partial charge in [-0.2, -0.15) is 15.0 Å². The van der Waals surface area contributed by atoms with Crippen molar-refractivity contribution in [2.75, 3.05) is 55.5 Å². The number of carbonyl (C=O) groups is 1. The van der Waals surface area contributed by atoms with Crippen LogP contribution in [-0.4, -0.2) is 61.4 Å². The fourth-order valence-corrected chi connectivity index (χ4v) is 2.96. The molecule has 1 fully saturated rings. The van der Waals surface area contributed by atoms with Crippen LogP contribution in [0.15, 0.2) is 18.2 Å². The zero-order chi connectivity index (χ0) is 20.1. The molecular weight excluding hydrogens is 358 g/mol. The first-order valence-electron chi connectivity index (χ1n) is 9.29. The van der Waals surface area contributed by atoms with E-state index in [1.165, 1.54) is 0 Å². The minimum Gasteiger partial charge on any atom is -0.378 e. The highest BCUT2D eigenvalue weighted by atomic mass is 16.5. The van der Waals surface area contributed by atoms with Gasteiger partial charge in [0.15, 0.2) is 5.82 Å². The average molecular weight is 385 g/mol. The molecule has 3 rings (SSSR count). The van der Waals surface area contributed by atoms with E-state index in [9.17, 15) is 4.79 Å². The molecule has 2 heterocycles. The number of amides is 2. The molecule has 28 heavy (non-hydrogen) atoms. The predicted octanol–water partition coefficient (Wildman–Crippen LogP) is 1.71. The number of hydrogen-bond donors (Lipinski definition) is 2. The Kier molecular flexibility index (Phi) is 6.25. The zero-order valence-corrected chi connectivity index (χ0v) is 16.8. The Morgan fingerprint density at radius 2 is 1.79 bits per heavy atom. The third-order valence-electron chi connectivity index (χ3n) is 4.24. The first-order valence-corrected chi connectivity index (χ1v) is 9.29. The van der Waals surface area contributed by atoms with Gasteiger partial charge in [0.05, 0.1) is 19.8 Å². The van der Waals surface area contributed by atoms with Gasteiger partial charge >= 0.3 is 6.03 Å². The highest BCUT2D eigenvalue weighted by Gasteiger charge is 2.17. The van der Waals surface area contributed by atoms with Crippen molar-refractivity contribution < 1.29 is 9.53 Å². The van der Waals surface area contributed by atoms with E-state index in [0.717, 1.165) is 29.9 Å². The van der Waals surface area contributed by atoms with Crippen molar-refractivity contribution in [2.45, 2.75) is 20.4 Å². The summed E-state index contributed by atoms with van der Waals surface area (Å²) in [5, 5.41) is 5.67. The molecule has 1 aromatic carbocycles. The maximum Gasteiger partial charge on any atom is 0.319 e. The third kappa shape index (κ3) is 5.29. The Labute approximate surface area is 165 Å². The number of rotatable bonds is 5. The van der Waals surface area contributed by atoms with Crippen molar-refractivity contribution in [1.82, 2.24) is 20.3 Å². The first kappa shape index (κ1) is 19.8. The van der Waals surface area contributed by atoms with E-state index in [0.29, 0.717) is 30.9 Å². The molecule has 2 aromatic rings. The van der Waals surface area contributed by atoms with Gasteiger partial charge in [0, 0.05) is 32.9 Å². The van der Waals surface area contributed by atoms with E-state index >= 15 is 0 Å². The van der Waals surface area contributed by atoms with Crippen LogP contribution in [0.25, 0.3) is 0 Å². The Morgan fingerprint density at radius 1 is 1.11 bits per heavy atom. The lowest BCUT2D eigenvalue weighted by Gasteiger charge is -2.27. The van der Waals surface area contributed by atoms with Crippen molar-refractivity contribution in [2.24, 2.45) is 0 Å². The van der Waals surface area contributed by atoms with Gasteiger partial charge in [-0.3, -0.25) is 0 Å². The van der Waals surface area contributed by atoms with Crippen molar-refractivity contribution >= 4 is 23.6 Å². The van der Waals surface area contributed by atoms with Gasteiger partial charge in [-0.05, 0) is 37.1 Å². The SMILES string of the molecule is Cc1cc(C)cc(NC(=O)NCc2nc(N(C)C)nc(N3CCOCC3)n2)c1. The summed E-state index contributed by atoms with van der Waals surface area (Å²) in [6.07, 6.45) is 0. The number of nitrogens with zero attached hydrogens (tertiary/aromatic N) is 5. The molecule has 0 spiro atoms. The summed E-state index contributed by atoms with van der Waals surface area (Å²) in [6, 6.07) is 5.61. The minimum atomic E-state index is -0.301. The standard InChI is InChI=1S/C19H27N7O2/c1-13-9-14(2)11-15(10-13)21-19(27)20-12-16-22-17(25(3)4)24-18(23-16)26-5-7-28-8-6-26/h9-11H,5-8,12H2,1-4H3,(H2,20,21,27). The quantitative estimate of drug-likeness (QED) is 0.809. The van der Waals surface area contributed by atoms with Crippen molar-refractivity contribution in [3.63, 3.8) is 0 Å². The number of nitrogens with one attached hydrogen (secondary N) is 2. The van der Waals surface area contributed by atoms with E-state index in [1.54, 1.807) is 0 Å². The van der Waals surface area contributed by atoms with Gasteiger partial charge in [-0.1, -0.05) is 6.07 Å². The van der Waals surface area contributed by atoms with Gasteiger partial charge in [0.1, 0.15) is 0 Å². The van der Waals surface area contributed by atoms with E-state index in [2.05, 4.69) is 36.6 Å². The highest BCUT2D eigenvalue weighted by Crippen LogP contribution is 2.15. The molecule has 2 amide bonds. The summed E-state index contributed by atoms with van der Waals surface area (Å²) in [6.45, 7) is 6.96. The van der Waals surface area contributed by atoms with Gasteiger partial charge < -0.3 is 25.2 Å². The third-order valence-corrected chi connectivity index (χ3v) is 4.24. The number of ether oxygens (including phenoxy) is 1. The van der Waals surface area contributed by atoms with Crippen molar-refractivity contribution in [1.29, 1.82) is 0 Å². The largest absolute Gasteiger partial charge is 0.378 e. The fraction of sp³-hybridized carbons (Fsp3) is 0.474. The summed E-state index contributed by atoms with van der Waals surface area (Å²) in [4.78, 5) is 29.7. The van der Waals surface area contributed by atoms with Crippen LogP contribution in [0.1, 0.15) is 17.0 Å². The van der Waals surface area contributed by atoms with E-state index in [4.69, 9.17) is 4.74 Å². The molecule has 0 unspecified atom stereocenters. The average Bonchev–Trinajstić information content (AvgIpc) is 2.66. The van der Waals surface area contributed by atoms with Crippen molar-refractivity contribution in [3.05, 3.63) is 35.2 Å². The lowest BCUT2D eigenvalue weighted by atomic mass is 10.1. The van der Waals surface area contributed by atoms with E-state index in [-0.39, 0.29) is 12.6 Å². The number of aromatic nitrogens is 3. The molecular formula is C19H27N7O2. The number of urea groups is 1. The van der Waals surface area contributed by atoms with Crippen LogP contribution in [0.2, 0.25) is 0 Å². The number of carbonyl (C=O) groups excluding carboxylic acids is 1. The predicted molar refractivity (Wildman–Crippen MR) is 109 cm³/mol. The van der Waals surface area contributed by atoms with Gasteiger partial charge in [0.2, 0.25) is 11.9 Å². The summed E-state index contributed by atoms with van der Waals surface area (Å²) in [5.41, 5.74) is 2.95. The smallest absolute Gasteiger partial charge is 0.319 e. The number of morpholine rings is 1. The number of hydrogen-bond acceptors (Lipinski definition) is 7. The van der Waals surface area contributed by atoms with Gasteiger partial charge in [0.25, 0.3) is 0 Å². The highest BCUT2D eigenvalue weighted by molar-refractivity contribution is 5.89. The van der Waals surface area contributed by atoms with Crippen LogP contribution in [0.4, 0.5) is 22.4 Å². The zero-order valence-electron chi connectivity index (χ0n) is 16.8. The summed E-state index contributed by atoms with van der Waals surface area (Å²) >= 11 is 0. The van der Waals surface area contributed by atoms with Crippen LogP contribution in [0.3, 0.4) is 0 Å². The summed E-state index contributed by atoms with van der Waals surface area (Å²) in [5.74, 6) is 1.67. The summed E-state index contributed by atoms with van der Waals surface area (Å²) < 4.78 is 5.39. The first-order chi connectivity index (χ1) is 13.4. The molecule has 9 heteroatoms. The van der Waals surface area contributed by atoms with E-state index < -0.39 is 0 Å². The van der Waals surface area contributed by atoms with Crippen LogP contribution < -0.4 is 20.4 Å². The molecule has 1 aliphatic heterocycles. The number of benzene rings is 1. The molecule has 1 aromatic heterocycles. The molecule has 0 aliphatic carbocycles. The van der Waals surface area contributed by atoms with Crippen molar-refractivity contribution in [3.8, 4) is 0 Å². The van der Waals surface area contributed by atoms with Crippen LogP contribution in [-0.2, 0) is 11.3 Å². The maximum atomic E-state index is 12.3. The van der Waals surface area contributed by atoms with Crippen LogP contribution in [0.5, 0.6) is 0 Å². The molecule has 0 atom stereocenters. The lowest BCUT2D eigenvalue weighted by molar-refractivity contribution is 0.122. The normalized spacial score (nSPS) is 13.9. The molecule has 1 saturated heterocycles. The van der Waals surface area contributed by atoms with E-state index in [1.807, 2.05) is 45.0 Å². The second-order valence-electron chi connectivity index (χ2n) is 7.03. The Morgan fingerprint density at radius 3 is 2.43 bits per heavy atom. The van der Waals surface area contributed by atoms with Crippen LogP contribution >= 0.6 is 0 Å². The molecule has 0 saturated carbocycles. The Bertz CT molecular complexity index is 815. The Hall–Kier alpha value is -2.94. The van der Waals surface area contributed by atoms with Crippen LogP contribution in [0, 0.1) is 13.8 Å². The topological polar surface area (TPSA) is 95.5 Å². The molecule has 1 aliphatic rings. The number of aryl methyl sites for hydroxylation is 2. The fourth-order valence-electron chi connectivity index (χ4n) is 2.96. The number of anilines is 3. The van der Waals surface area contributed by atoms with Gasteiger partial charge in [-0.25, -0.2) is 4.79 Å². The van der Waals surface area contributed by atoms with Gasteiger partial charge in [-0.15, -0.1) is 0 Å². The maximum absolute atomic E-state index is 12.3. The summed E-state index contributed by atoms with van der Waals surface area (Å²) in [7, 11) is 3.75. The molecule has 9 nitrogen and oxygen atoms in total. The lowest BCUT2D eigenvalue weighted by Crippen LogP contribution is -2.38. The Balaban J connectivity index is 1.68. The second-order valence-corrected chi connectivity index (χ2v) is 7.03. The monoisotopic (exact) mass is 385 g/mol. The molecule has 0 bridgehead atoms.